The topological polar surface area (TPSA) is 21.3 Å². The molecular weight excluding hydrogens is 258 g/mol. The van der Waals surface area contributed by atoms with Crippen LogP contribution in [-0.2, 0) is 6.54 Å². The van der Waals surface area contributed by atoms with Gasteiger partial charge in [0.1, 0.15) is 5.75 Å². The Balaban J connectivity index is 2.25. The molecule has 0 saturated carbocycles. The lowest BCUT2D eigenvalue weighted by Gasteiger charge is -2.12. The van der Waals surface area contributed by atoms with Gasteiger partial charge in [0.05, 0.1) is 6.61 Å². The Labute approximate surface area is 128 Å². The van der Waals surface area contributed by atoms with E-state index in [9.17, 15) is 0 Å². The largest absolute Gasteiger partial charge is 0.494 e. The SMILES string of the molecule is CCCNCc1ccc(C)cc1-c1ccc(OCC)cc1. The van der Waals surface area contributed by atoms with Crippen LogP contribution in [-0.4, -0.2) is 13.2 Å². The van der Waals surface area contributed by atoms with Crippen molar-refractivity contribution in [3.8, 4) is 16.9 Å². The molecule has 0 aromatic heterocycles. The van der Waals surface area contributed by atoms with Gasteiger partial charge in [0.25, 0.3) is 0 Å². The van der Waals surface area contributed by atoms with Crippen LogP contribution in [0.2, 0.25) is 0 Å². The monoisotopic (exact) mass is 283 g/mol. The highest BCUT2D eigenvalue weighted by Crippen LogP contribution is 2.27. The third kappa shape index (κ3) is 4.33. The van der Waals surface area contributed by atoms with Crippen molar-refractivity contribution in [3.05, 3.63) is 53.6 Å². The van der Waals surface area contributed by atoms with Crippen LogP contribution in [0.25, 0.3) is 11.1 Å². The minimum absolute atomic E-state index is 0.704. The molecule has 0 fully saturated rings. The van der Waals surface area contributed by atoms with Gasteiger partial charge in [0.2, 0.25) is 0 Å². The first-order valence-electron chi connectivity index (χ1n) is 7.78. The number of benzene rings is 2. The van der Waals surface area contributed by atoms with Crippen molar-refractivity contribution in [1.82, 2.24) is 5.32 Å². The summed E-state index contributed by atoms with van der Waals surface area (Å²) in [6.45, 7) is 9.01. The van der Waals surface area contributed by atoms with E-state index in [1.807, 2.05) is 19.1 Å². The van der Waals surface area contributed by atoms with Gasteiger partial charge in [-0.15, -0.1) is 0 Å². The third-order valence-corrected chi connectivity index (χ3v) is 3.48. The summed E-state index contributed by atoms with van der Waals surface area (Å²) in [7, 11) is 0. The van der Waals surface area contributed by atoms with Crippen molar-refractivity contribution in [3.63, 3.8) is 0 Å². The summed E-state index contributed by atoms with van der Waals surface area (Å²) in [5.74, 6) is 0.930. The van der Waals surface area contributed by atoms with E-state index in [4.69, 9.17) is 4.74 Å². The van der Waals surface area contributed by atoms with Crippen molar-refractivity contribution in [2.45, 2.75) is 33.7 Å². The Kier molecular flexibility index (Phi) is 5.82. The highest BCUT2D eigenvalue weighted by molar-refractivity contribution is 5.68. The normalized spacial score (nSPS) is 10.6. The van der Waals surface area contributed by atoms with Crippen LogP contribution in [0.4, 0.5) is 0 Å². The van der Waals surface area contributed by atoms with Gasteiger partial charge in [0.15, 0.2) is 0 Å². The predicted molar refractivity (Wildman–Crippen MR) is 89.8 cm³/mol. The van der Waals surface area contributed by atoms with E-state index in [-0.39, 0.29) is 0 Å². The summed E-state index contributed by atoms with van der Waals surface area (Å²) in [6, 6.07) is 15.0. The highest BCUT2D eigenvalue weighted by atomic mass is 16.5. The van der Waals surface area contributed by atoms with Crippen molar-refractivity contribution < 1.29 is 4.74 Å². The van der Waals surface area contributed by atoms with Crippen molar-refractivity contribution in [2.75, 3.05) is 13.2 Å². The average Bonchev–Trinajstić information content (AvgIpc) is 2.50. The van der Waals surface area contributed by atoms with Crippen LogP contribution in [0, 0.1) is 6.92 Å². The third-order valence-electron chi connectivity index (χ3n) is 3.48. The van der Waals surface area contributed by atoms with E-state index in [0.29, 0.717) is 6.61 Å². The van der Waals surface area contributed by atoms with Crippen LogP contribution in [0.3, 0.4) is 0 Å². The lowest BCUT2D eigenvalue weighted by molar-refractivity contribution is 0.340. The molecular formula is C19H25NO. The first-order chi connectivity index (χ1) is 10.2. The molecule has 0 saturated heterocycles. The summed E-state index contributed by atoms with van der Waals surface area (Å²) >= 11 is 0. The molecule has 21 heavy (non-hydrogen) atoms. The minimum Gasteiger partial charge on any atom is -0.494 e. The molecule has 0 bridgehead atoms. The molecule has 0 aliphatic carbocycles. The second-order valence-electron chi connectivity index (χ2n) is 5.29. The van der Waals surface area contributed by atoms with E-state index in [1.54, 1.807) is 0 Å². The molecule has 0 aliphatic rings. The standard InChI is InChI=1S/C19H25NO/c1-4-12-20-14-17-7-6-15(3)13-19(17)16-8-10-18(11-9-16)21-5-2/h6-11,13,20H,4-5,12,14H2,1-3H3. The van der Waals surface area contributed by atoms with Crippen LogP contribution < -0.4 is 10.1 Å². The summed E-state index contributed by atoms with van der Waals surface area (Å²) in [5, 5.41) is 3.49. The van der Waals surface area contributed by atoms with Gasteiger partial charge >= 0.3 is 0 Å². The Morgan fingerprint density at radius 2 is 1.76 bits per heavy atom. The molecule has 2 aromatic rings. The number of aryl methyl sites for hydroxylation is 1. The summed E-state index contributed by atoms with van der Waals surface area (Å²) in [5.41, 5.74) is 5.19. The molecule has 0 atom stereocenters. The van der Waals surface area contributed by atoms with E-state index < -0.39 is 0 Å². The van der Waals surface area contributed by atoms with E-state index >= 15 is 0 Å². The Hall–Kier alpha value is -1.80. The zero-order valence-corrected chi connectivity index (χ0v) is 13.3. The van der Waals surface area contributed by atoms with Gasteiger partial charge in [-0.1, -0.05) is 42.8 Å². The number of ether oxygens (including phenoxy) is 1. The minimum atomic E-state index is 0.704. The lowest BCUT2D eigenvalue weighted by Crippen LogP contribution is -2.14. The first kappa shape index (κ1) is 15.6. The van der Waals surface area contributed by atoms with Gasteiger partial charge in [-0.3, -0.25) is 0 Å². The molecule has 2 nitrogen and oxygen atoms in total. The van der Waals surface area contributed by atoms with Crippen LogP contribution in [0.1, 0.15) is 31.4 Å². The van der Waals surface area contributed by atoms with Crippen molar-refractivity contribution in [2.24, 2.45) is 0 Å². The summed E-state index contributed by atoms with van der Waals surface area (Å²) in [6.07, 6.45) is 1.16. The molecule has 0 amide bonds. The zero-order valence-electron chi connectivity index (χ0n) is 13.3. The lowest BCUT2D eigenvalue weighted by atomic mass is 9.97. The quantitative estimate of drug-likeness (QED) is 0.752. The molecule has 2 aromatic carbocycles. The number of nitrogens with one attached hydrogen (secondary N) is 1. The van der Waals surface area contributed by atoms with Gasteiger partial charge in [0, 0.05) is 6.54 Å². The number of rotatable bonds is 7. The summed E-state index contributed by atoms with van der Waals surface area (Å²) < 4.78 is 5.52. The molecule has 0 radical (unpaired) electrons. The van der Waals surface area contributed by atoms with Crippen LogP contribution in [0.5, 0.6) is 5.75 Å². The smallest absolute Gasteiger partial charge is 0.119 e. The van der Waals surface area contributed by atoms with Crippen molar-refractivity contribution in [1.29, 1.82) is 0 Å². The molecule has 0 spiro atoms. The van der Waals surface area contributed by atoms with Gasteiger partial charge < -0.3 is 10.1 Å². The molecule has 0 unspecified atom stereocenters. The molecule has 1 N–H and O–H groups in total. The second-order valence-corrected chi connectivity index (χ2v) is 5.29. The van der Waals surface area contributed by atoms with Crippen LogP contribution in [0.15, 0.2) is 42.5 Å². The summed E-state index contributed by atoms with van der Waals surface area (Å²) in [4.78, 5) is 0. The number of hydrogen-bond donors (Lipinski definition) is 1. The Morgan fingerprint density at radius 3 is 2.43 bits per heavy atom. The fourth-order valence-electron chi connectivity index (χ4n) is 2.41. The van der Waals surface area contributed by atoms with E-state index in [2.05, 4.69) is 49.5 Å². The highest BCUT2D eigenvalue weighted by Gasteiger charge is 2.06. The van der Waals surface area contributed by atoms with Gasteiger partial charge in [-0.2, -0.15) is 0 Å². The first-order valence-corrected chi connectivity index (χ1v) is 7.78. The molecule has 0 aliphatic heterocycles. The van der Waals surface area contributed by atoms with E-state index in [1.165, 1.54) is 22.3 Å². The number of hydrogen-bond acceptors (Lipinski definition) is 2. The maximum atomic E-state index is 5.52. The predicted octanol–water partition coefficient (Wildman–Crippen LogP) is 4.56. The maximum absolute atomic E-state index is 5.52. The Bertz CT molecular complexity index is 560. The van der Waals surface area contributed by atoms with E-state index in [0.717, 1.165) is 25.3 Å². The van der Waals surface area contributed by atoms with Crippen LogP contribution >= 0.6 is 0 Å². The average molecular weight is 283 g/mol. The maximum Gasteiger partial charge on any atom is 0.119 e. The Morgan fingerprint density at radius 1 is 1.00 bits per heavy atom. The fourth-order valence-corrected chi connectivity index (χ4v) is 2.41. The molecule has 2 rings (SSSR count). The zero-order chi connectivity index (χ0) is 15.1. The molecule has 0 heterocycles. The fraction of sp³-hybridized carbons (Fsp3) is 0.368. The van der Waals surface area contributed by atoms with Crippen molar-refractivity contribution >= 4 is 0 Å². The van der Waals surface area contributed by atoms with Gasteiger partial charge in [-0.25, -0.2) is 0 Å². The van der Waals surface area contributed by atoms with Gasteiger partial charge in [-0.05, 0) is 55.6 Å². The second kappa shape index (κ2) is 7.84. The molecule has 2 heteroatoms. The molecule has 112 valence electrons.